The summed E-state index contributed by atoms with van der Waals surface area (Å²) in [6.07, 6.45) is 1.71. The number of anilines is 2. The van der Waals surface area contributed by atoms with Gasteiger partial charge in [0.2, 0.25) is 0 Å². The molecule has 2 aromatic rings. The number of aliphatic hydroxyl groups is 2. The number of rotatable bonds is 14. The highest BCUT2D eigenvalue weighted by molar-refractivity contribution is 7.92. The average Bonchev–Trinajstić information content (AvgIpc) is 2.98. The number of allylic oxidation sites excluding steroid dienone is 3. The first-order valence-corrected chi connectivity index (χ1v) is 14.7. The molecule has 0 spiro atoms. The van der Waals surface area contributed by atoms with E-state index in [9.17, 15) is 32.8 Å². The van der Waals surface area contributed by atoms with Crippen molar-refractivity contribution < 1.29 is 37.3 Å². The van der Waals surface area contributed by atoms with E-state index < -0.39 is 44.6 Å². The van der Waals surface area contributed by atoms with Crippen molar-refractivity contribution in [3.63, 3.8) is 0 Å². The minimum absolute atomic E-state index is 0.00239. The molecule has 2 aromatic carbocycles. The summed E-state index contributed by atoms with van der Waals surface area (Å²) >= 11 is 0. The molecule has 15 heteroatoms. The first-order chi connectivity index (χ1) is 20.6. The molecule has 13 nitrogen and oxygen atoms in total. The van der Waals surface area contributed by atoms with Crippen molar-refractivity contribution >= 4 is 38.9 Å². The number of ketones is 1. The summed E-state index contributed by atoms with van der Waals surface area (Å²) in [6, 6.07) is 12.2. The van der Waals surface area contributed by atoms with E-state index in [1.54, 1.807) is 12.1 Å². The number of carbonyl (C=O) groups is 2. The molecule has 0 heterocycles. The van der Waals surface area contributed by atoms with Gasteiger partial charge in [-0.1, -0.05) is 13.3 Å². The molecule has 228 valence electrons. The lowest BCUT2D eigenvalue weighted by molar-refractivity contribution is -0.119. The van der Waals surface area contributed by atoms with Crippen LogP contribution in [0.4, 0.5) is 26.2 Å². The maximum atomic E-state index is 14.8. The van der Waals surface area contributed by atoms with Crippen molar-refractivity contribution in [1.82, 2.24) is 5.32 Å². The van der Waals surface area contributed by atoms with Gasteiger partial charge in [-0.05, 0) is 61.4 Å². The van der Waals surface area contributed by atoms with Crippen LogP contribution in [0.2, 0.25) is 0 Å². The number of halogens is 1. The number of Topliss-reactive ketones (excluding diaryl/α,β-unsaturated/α-hetero) is 1. The van der Waals surface area contributed by atoms with E-state index in [1.165, 1.54) is 42.5 Å². The maximum absolute atomic E-state index is 14.8. The summed E-state index contributed by atoms with van der Waals surface area (Å²) in [4.78, 5) is 24.2. The smallest absolute Gasteiger partial charge is 0.319 e. The van der Waals surface area contributed by atoms with Gasteiger partial charge in [-0.2, -0.15) is 10.4 Å². The molecule has 0 bridgehead atoms. The monoisotopic (exact) mass is 614 g/mol. The van der Waals surface area contributed by atoms with Crippen LogP contribution in [0.3, 0.4) is 0 Å². The Morgan fingerprint density at radius 3 is 2.40 bits per heavy atom. The lowest BCUT2D eigenvalue weighted by atomic mass is 9.87. The third-order valence-corrected chi connectivity index (χ3v) is 7.48. The highest BCUT2D eigenvalue weighted by Crippen LogP contribution is 2.35. The van der Waals surface area contributed by atoms with Crippen molar-refractivity contribution in [2.45, 2.75) is 31.1 Å². The number of unbranched alkanes of at least 4 members (excludes halogenated alkanes) is 1. The van der Waals surface area contributed by atoms with Crippen LogP contribution in [0, 0.1) is 17.2 Å². The fourth-order valence-corrected chi connectivity index (χ4v) is 4.89. The average molecular weight is 615 g/mol. The molecule has 0 saturated carbocycles. The zero-order chi connectivity index (χ0) is 31.4. The highest BCUT2D eigenvalue weighted by Gasteiger charge is 2.37. The highest BCUT2D eigenvalue weighted by atomic mass is 32.2. The normalized spacial score (nSPS) is 15.5. The first kappa shape index (κ1) is 32.9. The predicted octanol–water partition coefficient (Wildman–Crippen LogP) is 4.61. The Labute approximate surface area is 247 Å². The van der Waals surface area contributed by atoms with Gasteiger partial charge in [-0.3, -0.25) is 9.52 Å². The lowest BCUT2D eigenvalue weighted by Gasteiger charge is -2.20. The second-order valence-corrected chi connectivity index (χ2v) is 10.9. The summed E-state index contributed by atoms with van der Waals surface area (Å²) < 4.78 is 48.0. The number of urea groups is 1. The molecule has 1 aliphatic rings. The number of nitriles is 1. The van der Waals surface area contributed by atoms with E-state index in [1.807, 2.05) is 6.92 Å². The SMILES string of the molecule is CCCCNC(=O)Nc1ccc(NS(=O)(=O)c2ccc(/N=N/C3=C(O)C(CCOCCO)C(=O)C(C#N)=C3F)cc2)cc1. The molecule has 0 fully saturated rings. The third-order valence-electron chi connectivity index (χ3n) is 6.08. The van der Waals surface area contributed by atoms with Crippen LogP contribution in [0.1, 0.15) is 26.2 Å². The molecular formula is C28H31FN6O7S. The van der Waals surface area contributed by atoms with Gasteiger partial charge in [0.05, 0.1) is 29.7 Å². The molecule has 43 heavy (non-hydrogen) atoms. The van der Waals surface area contributed by atoms with E-state index in [-0.39, 0.29) is 48.5 Å². The Morgan fingerprint density at radius 1 is 1.09 bits per heavy atom. The van der Waals surface area contributed by atoms with E-state index in [4.69, 9.17) is 9.84 Å². The summed E-state index contributed by atoms with van der Waals surface area (Å²) in [5, 5.41) is 41.5. The van der Waals surface area contributed by atoms with Gasteiger partial charge in [-0.25, -0.2) is 17.6 Å². The Balaban J connectivity index is 1.69. The zero-order valence-corrected chi connectivity index (χ0v) is 24.0. The molecule has 0 aromatic heterocycles. The Hall–Kier alpha value is -4.65. The van der Waals surface area contributed by atoms with Gasteiger partial charge in [0.1, 0.15) is 17.4 Å². The predicted molar refractivity (Wildman–Crippen MR) is 155 cm³/mol. The second-order valence-electron chi connectivity index (χ2n) is 9.19. The van der Waals surface area contributed by atoms with Crippen LogP contribution in [0.5, 0.6) is 0 Å². The van der Waals surface area contributed by atoms with Gasteiger partial charge in [-0.15, -0.1) is 5.11 Å². The van der Waals surface area contributed by atoms with Gasteiger partial charge in [0.25, 0.3) is 10.0 Å². The minimum Gasteiger partial charge on any atom is -0.509 e. The van der Waals surface area contributed by atoms with Crippen LogP contribution in [0.25, 0.3) is 0 Å². The number of benzene rings is 2. The van der Waals surface area contributed by atoms with Crippen molar-refractivity contribution in [3.05, 3.63) is 71.4 Å². The van der Waals surface area contributed by atoms with E-state index in [0.29, 0.717) is 12.2 Å². The van der Waals surface area contributed by atoms with Gasteiger partial charge in [0.15, 0.2) is 17.3 Å². The molecule has 1 atom stereocenters. The minimum atomic E-state index is -4.01. The van der Waals surface area contributed by atoms with Crippen molar-refractivity contribution in [2.24, 2.45) is 16.1 Å². The summed E-state index contributed by atoms with van der Waals surface area (Å²) in [7, 11) is -4.01. The molecule has 0 radical (unpaired) electrons. The molecule has 3 rings (SSSR count). The molecule has 1 unspecified atom stereocenters. The van der Waals surface area contributed by atoms with Gasteiger partial charge in [0, 0.05) is 24.5 Å². The largest absolute Gasteiger partial charge is 0.509 e. The number of sulfonamides is 1. The fraction of sp³-hybridized carbons (Fsp3) is 0.321. The van der Waals surface area contributed by atoms with E-state index >= 15 is 0 Å². The molecule has 2 amide bonds. The summed E-state index contributed by atoms with van der Waals surface area (Å²) in [6.45, 7) is 2.25. The van der Waals surface area contributed by atoms with Gasteiger partial charge < -0.3 is 25.6 Å². The summed E-state index contributed by atoms with van der Waals surface area (Å²) in [5.41, 5.74) is -0.687. The number of carbonyl (C=O) groups excluding carboxylic acids is 2. The van der Waals surface area contributed by atoms with Gasteiger partial charge >= 0.3 is 6.03 Å². The standard InChI is InChI=1S/C28H31FN6O7S/c1-2-3-13-31-28(39)32-18-4-6-20(7-5-18)35-43(40,41)21-10-8-19(9-11-21)33-34-25-24(29)23(17-30)26(37)22(27(25)38)12-15-42-16-14-36/h4-11,22,35-36,38H,2-3,12-16H2,1H3,(H2,31,32,39)/b34-33+. The molecule has 1 aliphatic carbocycles. The number of nitrogens with zero attached hydrogens (tertiary/aromatic N) is 3. The van der Waals surface area contributed by atoms with Crippen molar-refractivity contribution in [3.8, 4) is 6.07 Å². The van der Waals surface area contributed by atoms with Crippen molar-refractivity contribution in [1.29, 1.82) is 5.26 Å². The van der Waals surface area contributed by atoms with Crippen LogP contribution in [-0.2, 0) is 19.6 Å². The number of hydrogen-bond donors (Lipinski definition) is 5. The number of amides is 2. The quantitative estimate of drug-likeness (QED) is 0.150. The number of aliphatic hydroxyl groups excluding tert-OH is 2. The second kappa shape index (κ2) is 15.5. The van der Waals surface area contributed by atoms with Crippen LogP contribution < -0.4 is 15.4 Å². The first-order valence-electron chi connectivity index (χ1n) is 13.3. The number of azo groups is 1. The third kappa shape index (κ3) is 8.92. The summed E-state index contributed by atoms with van der Waals surface area (Å²) in [5.74, 6) is -4.26. The molecule has 5 N–H and O–H groups in total. The number of ether oxygens (including phenoxy) is 1. The number of nitrogens with one attached hydrogen (secondary N) is 3. The Morgan fingerprint density at radius 2 is 1.77 bits per heavy atom. The van der Waals surface area contributed by atoms with Crippen LogP contribution in [-0.4, -0.2) is 56.8 Å². The van der Waals surface area contributed by atoms with Crippen LogP contribution >= 0.6 is 0 Å². The van der Waals surface area contributed by atoms with E-state index in [2.05, 4.69) is 25.6 Å². The number of hydrogen-bond acceptors (Lipinski definition) is 10. The van der Waals surface area contributed by atoms with Crippen molar-refractivity contribution in [2.75, 3.05) is 36.4 Å². The topological polar surface area (TPSA) is 203 Å². The fourth-order valence-electron chi connectivity index (χ4n) is 3.83. The Kier molecular flexibility index (Phi) is 11.9. The molecule has 0 saturated heterocycles. The maximum Gasteiger partial charge on any atom is 0.319 e. The lowest BCUT2D eigenvalue weighted by Crippen LogP contribution is -2.29. The van der Waals surface area contributed by atoms with E-state index in [0.717, 1.165) is 12.8 Å². The molecular weight excluding hydrogens is 583 g/mol. The Bertz CT molecular complexity index is 1550. The molecule has 0 aliphatic heterocycles. The van der Waals surface area contributed by atoms with Crippen LogP contribution in [0.15, 0.2) is 86.5 Å². The zero-order valence-electron chi connectivity index (χ0n) is 23.2.